The number of carbonyl (C=O) groups excluding carboxylic acids is 2. The van der Waals surface area contributed by atoms with Gasteiger partial charge in [-0.2, -0.15) is 0 Å². The normalized spacial score (nSPS) is 18.5. The molecule has 0 saturated heterocycles. The largest absolute Gasteiger partial charge is 0.354 e. The van der Waals surface area contributed by atoms with Crippen molar-refractivity contribution < 1.29 is 22.4 Å². The van der Waals surface area contributed by atoms with Crippen LogP contribution in [0.4, 0.5) is 10.3 Å². The van der Waals surface area contributed by atoms with Crippen LogP contribution in [-0.2, 0) is 14.6 Å². The molecular formula is C25H29FN4O4S. The van der Waals surface area contributed by atoms with Crippen LogP contribution in [0, 0.1) is 11.7 Å². The summed E-state index contributed by atoms with van der Waals surface area (Å²) in [5, 5.41) is 5.78. The smallest absolute Gasteiger partial charge is 0.257 e. The summed E-state index contributed by atoms with van der Waals surface area (Å²) in [4.78, 5) is 30.1. The first kappa shape index (κ1) is 24.8. The quantitative estimate of drug-likeness (QED) is 0.530. The first-order chi connectivity index (χ1) is 16.5. The summed E-state index contributed by atoms with van der Waals surface area (Å²) in [5.41, 5.74) is 1.42. The van der Waals surface area contributed by atoms with Crippen molar-refractivity contribution >= 4 is 38.6 Å². The molecule has 0 bridgehead atoms. The van der Waals surface area contributed by atoms with E-state index >= 15 is 0 Å². The molecule has 1 fully saturated rings. The van der Waals surface area contributed by atoms with Gasteiger partial charge in [0.15, 0.2) is 9.84 Å². The molecule has 0 spiro atoms. The molecule has 1 aromatic heterocycles. The molecule has 3 aromatic rings. The Morgan fingerprint density at radius 3 is 2.31 bits per heavy atom. The Morgan fingerprint density at radius 2 is 1.71 bits per heavy atom. The summed E-state index contributed by atoms with van der Waals surface area (Å²) in [7, 11) is -3.45. The summed E-state index contributed by atoms with van der Waals surface area (Å²) in [6.45, 7) is 3.85. The first-order valence-corrected chi connectivity index (χ1v) is 13.5. The number of imidazole rings is 1. The minimum absolute atomic E-state index is 0.0399. The number of carbonyl (C=O) groups is 2. The van der Waals surface area contributed by atoms with Gasteiger partial charge in [-0.1, -0.05) is 0 Å². The molecule has 2 aromatic carbocycles. The highest BCUT2D eigenvalue weighted by molar-refractivity contribution is 7.90. The van der Waals surface area contributed by atoms with Crippen LogP contribution in [0.1, 0.15) is 55.9 Å². The number of nitrogens with one attached hydrogen (secondary N) is 2. The summed E-state index contributed by atoms with van der Waals surface area (Å²) in [5.74, 6) is -0.657. The SMILES string of the molecule is CC(C)NC(=O)C1CCC(n2c(NC(=O)c3ccc(F)cc3)nc3ccc(S(C)(=O)=O)cc32)CC1. The van der Waals surface area contributed by atoms with E-state index in [4.69, 9.17) is 0 Å². The molecule has 2 N–H and O–H groups in total. The maximum absolute atomic E-state index is 13.3. The molecule has 1 saturated carbocycles. The molecule has 1 heterocycles. The van der Waals surface area contributed by atoms with Gasteiger partial charge in [0.05, 0.1) is 15.9 Å². The van der Waals surface area contributed by atoms with Gasteiger partial charge in [-0.25, -0.2) is 17.8 Å². The standard InChI is InChI=1S/C25H29FN4O4S/c1-15(2)27-23(31)17-6-10-19(11-7-17)30-22-14-20(35(3,33)34)12-13-21(22)28-25(30)29-24(32)16-4-8-18(26)9-5-16/h4-5,8-9,12-15,17,19H,6-7,10-11H2,1-3H3,(H,27,31)(H,28,29,32). The Kier molecular flexibility index (Phi) is 6.93. The van der Waals surface area contributed by atoms with E-state index in [1.807, 2.05) is 18.4 Å². The lowest BCUT2D eigenvalue weighted by molar-refractivity contribution is -0.126. The molecule has 0 atom stereocenters. The van der Waals surface area contributed by atoms with Crippen LogP contribution < -0.4 is 10.6 Å². The lowest BCUT2D eigenvalue weighted by atomic mass is 9.85. The summed E-state index contributed by atoms with van der Waals surface area (Å²) in [6.07, 6.45) is 3.82. The average Bonchev–Trinajstić information content (AvgIpc) is 3.15. The van der Waals surface area contributed by atoms with Crippen molar-refractivity contribution in [1.82, 2.24) is 14.9 Å². The molecule has 0 aliphatic heterocycles. The Labute approximate surface area is 203 Å². The minimum Gasteiger partial charge on any atom is -0.354 e. The molecule has 186 valence electrons. The number of hydrogen-bond acceptors (Lipinski definition) is 5. The van der Waals surface area contributed by atoms with Crippen molar-refractivity contribution in [3.63, 3.8) is 0 Å². The molecule has 10 heteroatoms. The maximum Gasteiger partial charge on any atom is 0.257 e. The topological polar surface area (TPSA) is 110 Å². The molecule has 4 rings (SSSR count). The van der Waals surface area contributed by atoms with Gasteiger partial charge in [0.2, 0.25) is 11.9 Å². The number of rotatable bonds is 6. The average molecular weight is 501 g/mol. The molecule has 1 aliphatic rings. The number of aromatic nitrogens is 2. The summed E-state index contributed by atoms with van der Waals surface area (Å²) in [6, 6.07) is 9.87. The van der Waals surface area contributed by atoms with Gasteiger partial charge in [-0.15, -0.1) is 0 Å². The maximum atomic E-state index is 13.3. The van der Waals surface area contributed by atoms with Crippen LogP contribution in [0.3, 0.4) is 0 Å². The van der Waals surface area contributed by atoms with E-state index in [-0.39, 0.29) is 40.3 Å². The Balaban J connectivity index is 1.68. The van der Waals surface area contributed by atoms with E-state index in [2.05, 4.69) is 15.6 Å². The molecule has 1 aliphatic carbocycles. The molecule has 0 unspecified atom stereocenters. The Morgan fingerprint density at radius 1 is 1.06 bits per heavy atom. The summed E-state index contributed by atoms with van der Waals surface area (Å²) >= 11 is 0. The summed E-state index contributed by atoms with van der Waals surface area (Å²) < 4.78 is 39.5. The Bertz CT molecular complexity index is 1360. The van der Waals surface area contributed by atoms with Crippen molar-refractivity contribution in [3.05, 3.63) is 53.8 Å². The van der Waals surface area contributed by atoms with Gasteiger partial charge >= 0.3 is 0 Å². The van der Waals surface area contributed by atoms with E-state index in [0.29, 0.717) is 36.7 Å². The van der Waals surface area contributed by atoms with Crippen LogP contribution in [-0.4, -0.2) is 42.1 Å². The van der Waals surface area contributed by atoms with Crippen molar-refractivity contribution in [1.29, 1.82) is 0 Å². The zero-order valence-corrected chi connectivity index (χ0v) is 20.7. The second-order valence-corrected chi connectivity index (χ2v) is 11.4. The predicted octanol–water partition coefficient (Wildman–Crippen LogP) is 4.09. The van der Waals surface area contributed by atoms with E-state index in [1.165, 1.54) is 30.3 Å². The van der Waals surface area contributed by atoms with Gasteiger partial charge in [0.1, 0.15) is 5.82 Å². The third-order valence-corrected chi connectivity index (χ3v) is 7.39. The number of benzene rings is 2. The number of fused-ring (bicyclic) bond motifs is 1. The van der Waals surface area contributed by atoms with Crippen molar-refractivity contribution in [2.45, 2.75) is 56.5 Å². The molecular weight excluding hydrogens is 471 g/mol. The number of sulfone groups is 1. The third-order valence-electron chi connectivity index (χ3n) is 6.28. The van der Waals surface area contributed by atoms with Crippen molar-refractivity contribution in [2.75, 3.05) is 11.6 Å². The zero-order chi connectivity index (χ0) is 25.3. The van der Waals surface area contributed by atoms with E-state index < -0.39 is 21.6 Å². The molecule has 35 heavy (non-hydrogen) atoms. The Hall–Kier alpha value is -3.27. The predicted molar refractivity (Wildman–Crippen MR) is 131 cm³/mol. The number of halogens is 1. The van der Waals surface area contributed by atoms with Crippen LogP contribution in [0.25, 0.3) is 11.0 Å². The minimum atomic E-state index is -3.45. The van der Waals surface area contributed by atoms with Gasteiger partial charge in [-0.3, -0.25) is 14.9 Å². The number of amides is 2. The highest BCUT2D eigenvalue weighted by Gasteiger charge is 2.30. The van der Waals surface area contributed by atoms with E-state index in [9.17, 15) is 22.4 Å². The third kappa shape index (κ3) is 5.53. The molecule has 8 nitrogen and oxygen atoms in total. The van der Waals surface area contributed by atoms with E-state index in [1.54, 1.807) is 12.1 Å². The van der Waals surface area contributed by atoms with E-state index in [0.717, 1.165) is 6.26 Å². The number of hydrogen-bond donors (Lipinski definition) is 2. The monoisotopic (exact) mass is 500 g/mol. The van der Waals surface area contributed by atoms with Crippen LogP contribution in [0.5, 0.6) is 0 Å². The fourth-order valence-electron chi connectivity index (χ4n) is 4.53. The second-order valence-electron chi connectivity index (χ2n) is 9.36. The first-order valence-electron chi connectivity index (χ1n) is 11.6. The molecule has 2 amide bonds. The molecule has 0 radical (unpaired) electrons. The zero-order valence-electron chi connectivity index (χ0n) is 19.9. The highest BCUT2D eigenvalue weighted by atomic mass is 32.2. The number of nitrogens with zero attached hydrogens (tertiary/aromatic N) is 2. The lowest BCUT2D eigenvalue weighted by Gasteiger charge is -2.30. The van der Waals surface area contributed by atoms with Crippen LogP contribution >= 0.6 is 0 Å². The highest BCUT2D eigenvalue weighted by Crippen LogP contribution is 2.37. The fraction of sp³-hybridized carbons (Fsp3) is 0.400. The second kappa shape index (κ2) is 9.77. The van der Waals surface area contributed by atoms with Gasteiger partial charge in [0, 0.05) is 29.8 Å². The van der Waals surface area contributed by atoms with Gasteiger partial charge in [0.25, 0.3) is 5.91 Å². The van der Waals surface area contributed by atoms with Crippen LogP contribution in [0.15, 0.2) is 47.4 Å². The number of anilines is 1. The van der Waals surface area contributed by atoms with Crippen molar-refractivity contribution in [2.24, 2.45) is 5.92 Å². The lowest BCUT2D eigenvalue weighted by Crippen LogP contribution is -2.37. The van der Waals surface area contributed by atoms with Crippen molar-refractivity contribution in [3.8, 4) is 0 Å². The fourth-order valence-corrected chi connectivity index (χ4v) is 5.18. The van der Waals surface area contributed by atoms with Gasteiger partial charge < -0.3 is 9.88 Å². The van der Waals surface area contributed by atoms with Gasteiger partial charge in [-0.05, 0) is 82.0 Å². The van der Waals surface area contributed by atoms with Crippen LogP contribution in [0.2, 0.25) is 0 Å².